The van der Waals surface area contributed by atoms with E-state index < -0.39 is 23.5 Å². The van der Waals surface area contributed by atoms with Gasteiger partial charge in [0, 0.05) is 5.56 Å². The van der Waals surface area contributed by atoms with Crippen LogP contribution in [0.5, 0.6) is 0 Å². The number of thiazole rings is 1. The number of carbonyl (C=O) groups is 2. The fourth-order valence-electron chi connectivity index (χ4n) is 4.40. The molecule has 2 heterocycles. The number of amides is 1. The zero-order valence-electron chi connectivity index (χ0n) is 20.4. The van der Waals surface area contributed by atoms with Crippen LogP contribution in [0.2, 0.25) is 0 Å². The molecule has 1 unspecified atom stereocenters. The van der Waals surface area contributed by atoms with Crippen LogP contribution in [0.25, 0.3) is 16.0 Å². The lowest BCUT2D eigenvalue weighted by Crippen LogP contribution is -2.29. The number of aliphatic hydroxyl groups is 1. The van der Waals surface area contributed by atoms with E-state index in [4.69, 9.17) is 0 Å². The van der Waals surface area contributed by atoms with Crippen molar-refractivity contribution in [3.05, 3.63) is 100 Å². The van der Waals surface area contributed by atoms with E-state index in [1.54, 1.807) is 0 Å². The highest BCUT2D eigenvalue weighted by atomic mass is 32.1. The van der Waals surface area contributed by atoms with E-state index >= 15 is 0 Å². The van der Waals surface area contributed by atoms with E-state index in [1.807, 2.05) is 49.4 Å². The molecule has 0 radical (unpaired) electrons. The van der Waals surface area contributed by atoms with E-state index in [2.05, 4.69) is 25.8 Å². The van der Waals surface area contributed by atoms with Crippen LogP contribution < -0.4 is 4.90 Å². The van der Waals surface area contributed by atoms with Crippen LogP contribution in [0.3, 0.4) is 0 Å². The summed E-state index contributed by atoms with van der Waals surface area (Å²) in [5, 5.41) is 11.6. The smallest absolute Gasteiger partial charge is 0.301 e. The Kier molecular flexibility index (Phi) is 5.75. The lowest BCUT2D eigenvalue weighted by Gasteiger charge is -2.24. The molecule has 1 N–H and O–H groups in total. The van der Waals surface area contributed by atoms with Gasteiger partial charge in [-0.05, 0) is 65.4 Å². The summed E-state index contributed by atoms with van der Waals surface area (Å²) in [7, 11) is 0. The number of rotatable bonds is 3. The van der Waals surface area contributed by atoms with E-state index in [9.17, 15) is 19.1 Å². The summed E-state index contributed by atoms with van der Waals surface area (Å²) in [5.41, 5.74) is 3.67. The Balaban J connectivity index is 1.71. The van der Waals surface area contributed by atoms with Crippen LogP contribution in [-0.2, 0) is 15.0 Å². The van der Waals surface area contributed by atoms with Crippen LogP contribution in [0.15, 0.2) is 72.3 Å². The summed E-state index contributed by atoms with van der Waals surface area (Å²) in [5.74, 6) is -2.39. The summed E-state index contributed by atoms with van der Waals surface area (Å²) in [6.07, 6.45) is 0. The molecule has 0 aliphatic carbocycles. The minimum Gasteiger partial charge on any atom is -0.507 e. The molecule has 0 saturated carbocycles. The first-order valence-electron chi connectivity index (χ1n) is 11.6. The molecule has 1 saturated heterocycles. The second kappa shape index (κ2) is 8.68. The number of hydrogen-bond acceptors (Lipinski definition) is 5. The van der Waals surface area contributed by atoms with E-state index in [0.29, 0.717) is 10.7 Å². The van der Waals surface area contributed by atoms with Crippen molar-refractivity contribution in [1.82, 2.24) is 4.98 Å². The predicted octanol–water partition coefficient (Wildman–Crippen LogP) is 6.67. The second-order valence-electron chi connectivity index (χ2n) is 10.0. The minimum absolute atomic E-state index is 0.0504. The molecule has 1 aromatic heterocycles. The zero-order chi connectivity index (χ0) is 25.8. The topological polar surface area (TPSA) is 70.5 Å². The molecule has 1 fully saturated rings. The number of anilines is 1. The van der Waals surface area contributed by atoms with Gasteiger partial charge in [0.25, 0.3) is 5.78 Å². The zero-order valence-corrected chi connectivity index (χ0v) is 21.2. The molecule has 0 spiro atoms. The quantitative estimate of drug-likeness (QED) is 0.194. The summed E-state index contributed by atoms with van der Waals surface area (Å²) in [6, 6.07) is 17.8. The standard InChI is InChI=1S/C29H25FN2O3S/c1-16-5-14-21-22(15-16)36-28(31-21)32-24(17-6-10-19(11-7-17)29(2,3)4)23(26(34)27(32)35)25(33)18-8-12-20(30)13-9-18/h5-15,24,33H,1-4H3/b25-23+. The number of nitrogens with zero attached hydrogens (tertiary/aromatic N) is 2. The van der Waals surface area contributed by atoms with Crippen molar-refractivity contribution >= 4 is 44.1 Å². The summed E-state index contributed by atoms with van der Waals surface area (Å²) in [6.45, 7) is 8.29. The number of fused-ring (bicyclic) bond motifs is 1. The van der Waals surface area contributed by atoms with Gasteiger partial charge in [0.05, 0.1) is 21.8 Å². The normalized spacial score (nSPS) is 17.8. The Morgan fingerprint density at radius 1 is 1.00 bits per heavy atom. The maximum atomic E-state index is 13.5. The third kappa shape index (κ3) is 4.09. The third-order valence-electron chi connectivity index (χ3n) is 6.39. The van der Waals surface area contributed by atoms with Gasteiger partial charge in [-0.15, -0.1) is 0 Å². The van der Waals surface area contributed by atoms with Crippen LogP contribution >= 0.6 is 11.3 Å². The molecule has 7 heteroatoms. The number of benzene rings is 3. The highest BCUT2D eigenvalue weighted by Crippen LogP contribution is 2.44. The fourth-order valence-corrected chi connectivity index (χ4v) is 5.49. The molecule has 36 heavy (non-hydrogen) atoms. The molecule has 182 valence electrons. The number of ketones is 1. The highest BCUT2D eigenvalue weighted by molar-refractivity contribution is 7.22. The number of halogens is 1. The van der Waals surface area contributed by atoms with Crippen molar-refractivity contribution in [2.24, 2.45) is 0 Å². The van der Waals surface area contributed by atoms with Gasteiger partial charge in [0.1, 0.15) is 11.6 Å². The first kappa shape index (κ1) is 23.9. The molecular formula is C29H25FN2O3S. The number of Topliss-reactive ketones (excluding diaryl/α,β-unsaturated/α-hetero) is 1. The van der Waals surface area contributed by atoms with Crippen LogP contribution in [0, 0.1) is 12.7 Å². The lowest BCUT2D eigenvalue weighted by molar-refractivity contribution is -0.132. The largest absolute Gasteiger partial charge is 0.507 e. The fraction of sp³-hybridized carbons (Fsp3) is 0.207. The maximum Gasteiger partial charge on any atom is 0.301 e. The summed E-state index contributed by atoms with van der Waals surface area (Å²) in [4.78, 5) is 32.8. The number of aromatic nitrogens is 1. The molecule has 5 rings (SSSR count). The van der Waals surface area contributed by atoms with Crippen LogP contribution in [0.4, 0.5) is 9.52 Å². The van der Waals surface area contributed by atoms with Gasteiger partial charge in [-0.3, -0.25) is 14.5 Å². The molecule has 1 atom stereocenters. The molecular weight excluding hydrogens is 475 g/mol. The van der Waals surface area contributed by atoms with E-state index in [1.165, 1.54) is 40.5 Å². The number of carbonyl (C=O) groups excluding carboxylic acids is 2. The summed E-state index contributed by atoms with van der Waals surface area (Å²) < 4.78 is 14.4. The Morgan fingerprint density at radius 3 is 2.31 bits per heavy atom. The first-order valence-corrected chi connectivity index (χ1v) is 12.4. The molecule has 4 aromatic rings. The van der Waals surface area contributed by atoms with E-state index in [-0.39, 0.29) is 22.3 Å². The molecule has 1 amide bonds. The Bertz CT molecular complexity index is 1530. The number of hydrogen-bond donors (Lipinski definition) is 1. The van der Waals surface area contributed by atoms with Gasteiger partial charge < -0.3 is 5.11 Å². The van der Waals surface area contributed by atoms with Crippen molar-refractivity contribution < 1.29 is 19.1 Å². The SMILES string of the molecule is Cc1ccc2nc(N3C(=O)C(=O)/C(=C(/O)c4ccc(F)cc4)C3c3ccc(C(C)(C)C)cc3)sc2c1. The van der Waals surface area contributed by atoms with Crippen molar-refractivity contribution in [2.45, 2.75) is 39.2 Å². The molecule has 3 aromatic carbocycles. The van der Waals surface area contributed by atoms with E-state index in [0.717, 1.165) is 21.3 Å². The van der Waals surface area contributed by atoms with Gasteiger partial charge in [0.15, 0.2) is 5.13 Å². The summed E-state index contributed by atoms with van der Waals surface area (Å²) >= 11 is 1.32. The number of aryl methyl sites for hydroxylation is 1. The molecule has 1 aliphatic rings. The van der Waals surface area contributed by atoms with Crippen molar-refractivity contribution in [3.8, 4) is 0 Å². The van der Waals surface area contributed by atoms with Crippen molar-refractivity contribution in [1.29, 1.82) is 0 Å². The van der Waals surface area contributed by atoms with Gasteiger partial charge >= 0.3 is 5.91 Å². The Labute approximate surface area is 212 Å². The van der Waals surface area contributed by atoms with Gasteiger partial charge in [0.2, 0.25) is 0 Å². The minimum atomic E-state index is -0.884. The maximum absolute atomic E-state index is 13.5. The lowest BCUT2D eigenvalue weighted by atomic mass is 9.85. The average Bonchev–Trinajstić information content (AvgIpc) is 3.36. The number of aliphatic hydroxyl groups excluding tert-OH is 1. The molecule has 1 aliphatic heterocycles. The van der Waals surface area contributed by atoms with Gasteiger partial charge in [-0.2, -0.15) is 0 Å². The molecule has 0 bridgehead atoms. The first-order chi connectivity index (χ1) is 17.0. The second-order valence-corrected chi connectivity index (χ2v) is 11.0. The Hall–Kier alpha value is -3.84. The average molecular weight is 501 g/mol. The Morgan fingerprint density at radius 2 is 1.67 bits per heavy atom. The monoisotopic (exact) mass is 500 g/mol. The van der Waals surface area contributed by atoms with Crippen molar-refractivity contribution in [2.75, 3.05) is 4.90 Å². The van der Waals surface area contributed by atoms with Crippen molar-refractivity contribution in [3.63, 3.8) is 0 Å². The highest BCUT2D eigenvalue weighted by Gasteiger charge is 2.48. The predicted molar refractivity (Wildman–Crippen MR) is 141 cm³/mol. The molecule has 5 nitrogen and oxygen atoms in total. The van der Waals surface area contributed by atoms with Crippen LogP contribution in [-0.4, -0.2) is 21.8 Å². The van der Waals surface area contributed by atoms with Gasteiger partial charge in [-0.25, -0.2) is 9.37 Å². The van der Waals surface area contributed by atoms with Gasteiger partial charge in [-0.1, -0.05) is 62.4 Å². The third-order valence-corrected chi connectivity index (χ3v) is 7.41. The van der Waals surface area contributed by atoms with Crippen LogP contribution in [0.1, 0.15) is 49.1 Å².